The number of Topliss-reactive ketones (excluding diaryl/α,β-unsaturated/α-hetero) is 1. The van der Waals surface area contributed by atoms with E-state index in [0.717, 1.165) is 5.56 Å². The summed E-state index contributed by atoms with van der Waals surface area (Å²) in [6.45, 7) is 14.9. The number of carbonyl (C=O) groups is 3. The summed E-state index contributed by atoms with van der Waals surface area (Å²) in [4.78, 5) is 44.4. The number of aliphatic hydroxyl groups excluding tert-OH is 1. The summed E-state index contributed by atoms with van der Waals surface area (Å²) in [7, 11) is 5.39. The molecule has 2 fully saturated rings. The molecule has 3 heterocycles. The molecular formula is C44H63N3O10. The zero-order valence-corrected chi connectivity index (χ0v) is 35.4. The molecule has 12 atom stereocenters. The molecule has 0 aromatic heterocycles. The van der Waals surface area contributed by atoms with Gasteiger partial charge in [0.2, 0.25) is 0 Å². The maximum Gasteiger partial charge on any atom is 0.425 e. The van der Waals surface area contributed by atoms with Crippen LogP contribution in [0.1, 0.15) is 80.2 Å². The van der Waals surface area contributed by atoms with Gasteiger partial charge in [0.1, 0.15) is 35.5 Å². The molecule has 0 unspecified atom stereocenters. The first kappa shape index (κ1) is 44.3. The number of nitrogens with zero attached hydrogens (tertiary/aromatic N) is 2. The predicted octanol–water partition coefficient (Wildman–Crippen LogP) is 6.43. The lowest BCUT2D eigenvalue weighted by atomic mass is 9.74. The van der Waals surface area contributed by atoms with Crippen molar-refractivity contribution >= 4 is 17.8 Å². The zero-order chi connectivity index (χ0) is 41.8. The van der Waals surface area contributed by atoms with Gasteiger partial charge in [-0.2, -0.15) is 0 Å². The number of methoxy groups -OCH3 is 1. The van der Waals surface area contributed by atoms with Gasteiger partial charge in [0, 0.05) is 43.0 Å². The van der Waals surface area contributed by atoms with Crippen LogP contribution < -0.4 is 10.2 Å². The van der Waals surface area contributed by atoms with Crippen LogP contribution in [0.3, 0.4) is 0 Å². The lowest BCUT2D eigenvalue weighted by Gasteiger charge is -2.46. The number of fused-ring (bicyclic) bond motifs is 1. The van der Waals surface area contributed by atoms with E-state index >= 15 is 0 Å². The third-order valence-electron chi connectivity index (χ3n) is 12.0. The second-order valence-electron chi connectivity index (χ2n) is 16.7. The fourth-order valence-corrected chi connectivity index (χ4v) is 8.91. The molecule has 3 aliphatic heterocycles. The van der Waals surface area contributed by atoms with Crippen molar-refractivity contribution in [3.05, 3.63) is 71.8 Å². The number of cyclic esters (lactones) is 1. The maximum absolute atomic E-state index is 14.7. The van der Waals surface area contributed by atoms with Crippen molar-refractivity contribution < 1.29 is 47.9 Å². The first-order valence-corrected chi connectivity index (χ1v) is 20.1. The Kier molecular flexibility index (Phi) is 14.3. The number of benzene rings is 2. The Hall–Kier alpha value is -3.85. The number of para-hydroxylation sites is 1. The van der Waals surface area contributed by atoms with Gasteiger partial charge in [-0.3, -0.25) is 4.79 Å². The largest absolute Gasteiger partial charge is 0.457 e. The normalized spacial score (nSPS) is 36.5. The Labute approximate surface area is 337 Å². The van der Waals surface area contributed by atoms with Crippen LogP contribution in [0.25, 0.3) is 0 Å². The van der Waals surface area contributed by atoms with E-state index in [0.29, 0.717) is 29.9 Å². The third-order valence-corrected chi connectivity index (χ3v) is 12.0. The summed E-state index contributed by atoms with van der Waals surface area (Å²) in [6, 6.07) is 15.9. The maximum atomic E-state index is 14.7. The summed E-state index contributed by atoms with van der Waals surface area (Å²) in [6.07, 6.45) is -1.54. The van der Waals surface area contributed by atoms with E-state index in [1.807, 2.05) is 108 Å². The molecule has 0 spiro atoms. The Bertz CT molecular complexity index is 1720. The average Bonchev–Trinajstić information content (AvgIpc) is 3.44. The van der Waals surface area contributed by atoms with Crippen molar-refractivity contribution in [1.29, 1.82) is 0 Å². The van der Waals surface area contributed by atoms with Crippen LogP contribution in [-0.2, 0) is 39.8 Å². The Morgan fingerprint density at radius 2 is 1.63 bits per heavy atom. The van der Waals surface area contributed by atoms with E-state index in [9.17, 15) is 19.5 Å². The minimum Gasteiger partial charge on any atom is -0.457 e. The predicted molar refractivity (Wildman–Crippen MR) is 214 cm³/mol. The van der Waals surface area contributed by atoms with Crippen LogP contribution in [0, 0.1) is 17.8 Å². The zero-order valence-electron chi connectivity index (χ0n) is 35.4. The van der Waals surface area contributed by atoms with Crippen LogP contribution in [0.4, 0.5) is 4.79 Å². The number of ether oxygens (including phenoxy) is 6. The minimum absolute atomic E-state index is 0.131. The fourth-order valence-electron chi connectivity index (χ4n) is 8.91. The molecule has 13 nitrogen and oxygen atoms in total. The van der Waals surface area contributed by atoms with Crippen LogP contribution in [0.2, 0.25) is 0 Å². The highest BCUT2D eigenvalue weighted by Gasteiger charge is 2.60. The van der Waals surface area contributed by atoms with Gasteiger partial charge >= 0.3 is 12.1 Å². The average molecular weight is 794 g/mol. The molecule has 0 saturated carbocycles. The van der Waals surface area contributed by atoms with Crippen LogP contribution in [0.5, 0.6) is 11.5 Å². The molecular weight excluding hydrogens is 730 g/mol. The van der Waals surface area contributed by atoms with E-state index in [1.54, 1.807) is 34.0 Å². The van der Waals surface area contributed by atoms with Crippen LogP contribution in [-0.4, -0.2) is 108 Å². The number of hydrogen-bond donors (Lipinski definition) is 2. The first-order chi connectivity index (χ1) is 26.9. The number of hydrazine groups is 1. The topological polar surface area (TPSA) is 145 Å². The summed E-state index contributed by atoms with van der Waals surface area (Å²) in [5.41, 5.74) is 1.94. The molecule has 3 aliphatic rings. The quantitative estimate of drug-likeness (QED) is 0.256. The van der Waals surface area contributed by atoms with Gasteiger partial charge in [-0.15, -0.1) is 0 Å². The minimum atomic E-state index is -1.39. The van der Waals surface area contributed by atoms with E-state index in [4.69, 9.17) is 28.4 Å². The summed E-state index contributed by atoms with van der Waals surface area (Å²) < 4.78 is 37.4. The SMILES string of the molecule is CC[C@H]1OC(=O)/C(C)=C/[C@H](C)[C@@H](O[C@@H]2O[C@H](C)C[C@H](N(C)C)[C@H]2O)[C@](C)(OC)C[C@@H](C)C(=O)[C@H](C)[C@H]2N(NCc3ccc(Oc4ccccc4)cc3)C(=O)O[C@]12C. The second kappa shape index (κ2) is 18.4. The van der Waals surface area contributed by atoms with Crippen molar-refractivity contribution in [2.24, 2.45) is 17.8 Å². The molecule has 5 rings (SSSR count). The Balaban J connectivity index is 1.46. The summed E-state index contributed by atoms with van der Waals surface area (Å²) in [5.74, 6) is -1.16. The van der Waals surface area contributed by atoms with Gasteiger partial charge in [0.05, 0.1) is 17.8 Å². The number of carbonyl (C=O) groups excluding carboxylic acids is 3. The molecule has 314 valence electrons. The Morgan fingerprint density at radius 3 is 2.25 bits per heavy atom. The van der Waals surface area contributed by atoms with Gasteiger partial charge in [0.25, 0.3) is 0 Å². The van der Waals surface area contributed by atoms with Crippen molar-refractivity contribution in [2.45, 2.75) is 135 Å². The third kappa shape index (κ3) is 9.72. The monoisotopic (exact) mass is 793 g/mol. The highest BCUT2D eigenvalue weighted by atomic mass is 16.7. The van der Waals surface area contributed by atoms with E-state index in [2.05, 4.69) is 5.43 Å². The summed E-state index contributed by atoms with van der Waals surface area (Å²) in [5, 5.41) is 12.8. The van der Waals surface area contributed by atoms with Gasteiger partial charge < -0.3 is 38.4 Å². The molecule has 2 aromatic carbocycles. The summed E-state index contributed by atoms with van der Waals surface area (Å²) >= 11 is 0. The number of ketones is 1. The highest BCUT2D eigenvalue weighted by Crippen LogP contribution is 2.42. The van der Waals surface area contributed by atoms with Crippen LogP contribution in [0.15, 0.2) is 66.2 Å². The lowest BCUT2D eigenvalue weighted by Crippen LogP contribution is -2.60. The number of rotatable bonds is 10. The fraction of sp³-hybridized carbons (Fsp3) is 0.614. The van der Waals surface area contributed by atoms with Crippen LogP contribution >= 0.6 is 0 Å². The number of esters is 1. The molecule has 2 saturated heterocycles. The number of nitrogens with one attached hydrogen (secondary N) is 1. The molecule has 57 heavy (non-hydrogen) atoms. The highest BCUT2D eigenvalue weighted by molar-refractivity contribution is 5.88. The van der Waals surface area contributed by atoms with Crippen molar-refractivity contribution in [2.75, 3.05) is 21.2 Å². The molecule has 0 radical (unpaired) electrons. The van der Waals surface area contributed by atoms with Gasteiger partial charge in [-0.25, -0.2) is 20.0 Å². The molecule has 1 amide bonds. The lowest BCUT2D eigenvalue weighted by molar-refractivity contribution is -0.294. The van der Waals surface area contributed by atoms with E-state index in [1.165, 1.54) is 5.01 Å². The molecule has 0 aliphatic carbocycles. The first-order valence-electron chi connectivity index (χ1n) is 20.1. The Morgan fingerprint density at radius 1 is 0.982 bits per heavy atom. The number of aliphatic hydroxyl groups is 1. The number of amides is 1. The van der Waals surface area contributed by atoms with Crippen molar-refractivity contribution in [3.63, 3.8) is 0 Å². The van der Waals surface area contributed by atoms with Gasteiger partial charge in [-0.1, -0.05) is 64.1 Å². The van der Waals surface area contributed by atoms with Crippen molar-refractivity contribution in [1.82, 2.24) is 15.3 Å². The van der Waals surface area contributed by atoms with Crippen molar-refractivity contribution in [3.8, 4) is 11.5 Å². The number of likely N-dealkylation sites (N-methyl/N-ethyl adjacent to an activating group) is 1. The second-order valence-corrected chi connectivity index (χ2v) is 16.7. The smallest absolute Gasteiger partial charge is 0.425 e. The van der Waals surface area contributed by atoms with E-state index < -0.39 is 71.7 Å². The molecule has 0 bridgehead atoms. The number of hydrogen-bond acceptors (Lipinski definition) is 12. The van der Waals surface area contributed by atoms with Gasteiger partial charge in [-0.05, 0) is 90.9 Å². The van der Waals surface area contributed by atoms with E-state index in [-0.39, 0.29) is 30.9 Å². The molecule has 2 N–H and O–H groups in total. The molecule has 13 heteroatoms. The van der Waals surface area contributed by atoms with Gasteiger partial charge in [0.15, 0.2) is 11.9 Å². The standard InChI is InChI=1S/C44H63N3O10/c1-12-35-44(8)38(47(42(51)57-44)45-25-31-18-20-33(21-19-31)54-32-16-14-13-15-17-32)30(6)36(48)28(4)24-43(7,52-11)39(26(2)22-27(3)40(50)55-35)56-41-37(49)34(46(9)10)23-29(5)53-41/h13-22,26,28-30,34-35,37-39,41,45,49H,12,23-25H2,1-11H3/b27-22+/t26-,28+,29+,30-,34-,35+,37+,38+,39+,41-,43+,44+/m0/s1. The molecule has 2 aromatic rings.